The van der Waals surface area contributed by atoms with E-state index in [9.17, 15) is 13.2 Å². The molecule has 1 fully saturated rings. The second kappa shape index (κ2) is 6.44. The molecule has 1 aromatic rings. The Kier molecular flexibility index (Phi) is 4.84. The third-order valence-electron chi connectivity index (χ3n) is 3.47. The number of benzene rings is 1. The van der Waals surface area contributed by atoms with Gasteiger partial charge in [0.05, 0.1) is 17.6 Å². The molecule has 1 aromatic carbocycles. The van der Waals surface area contributed by atoms with Gasteiger partial charge in [-0.25, -0.2) is 8.42 Å². The maximum Gasteiger partial charge on any atom is 0.229 e. The Morgan fingerprint density at radius 2 is 1.95 bits per heavy atom. The average Bonchev–Trinajstić information content (AvgIpc) is 2.39. The number of hydrogen-bond acceptors (Lipinski definition) is 4. The Labute approximate surface area is 125 Å². The number of piperidine rings is 1. The van der Waals surface area contributed by atoms with Crippen LogP contribution in [-0.4, -0.2) is 33.2 Å². The SMILES string of the molecule is C[C@H]1C[C@@H](C(=O)Nc2ccccc2NS(C)(=O)=O)CCN1. The van der Waals surface area contributed by atoms with Crippen LogP contribution in [0.2, 0.25) is 0 Å². The topological polar surface area (TPSA) is 87.3 Å². The molecule has 1 amide bonds. The number of carbonyl (C=O) groups is 1. The summed E-state index contributed by atoms with van der Waals surface area (Å²) in [4.78, 5) is 12.3. The lowest BCUT2D eigenvalue weighted by Gasteiger charge is -2.27. The van der Waals surface area contributed by atoms with Crippen LogP contribution in [0.1, 0.15) is 19.8 Å². The largest absolute Gasteiger partial charge is 0.324 e. The molecule has 0 aliphatic carbocycles. The van der Waals surface area contributed by atoms with Gasteiger partial charge in [-0.1, -0.05) is 12.1 Å². The van der Waals surface area contributed by atoms with Crippen LogP contribution in [0.5, 0.6) is 0 Å². The van der Waals surface area contributed by atoms with Crippen LogP contribution < -0.4 is 15.4 Å². The van der Waals surface area contributed by atoms with Gasteiger partial charge >= 0.3 is 0 Å². The molecule has 1 aliphatic rings. The number of amides is 1. The van der Waals surface area contributed by atoms with E-state index in [1.54, 1.807) is 24.3 Å². The van der Waals surface area contributed by atoms with E-state index < -0.39 is 10.0 Å². The van der Waals surface area contributed by atoms with Gasteiger partial charge in [-0.05, 0) is 38.4 Å². The fourth-order valence-electron chi connectivity index (χ4n) is 2.49. The zero-order valence-corrected chi connectivity index (χ0v) is 13.0. The highest BCUT2D eigenvalue weighted by Gasteiger charge is 2.25. The van der Waals surface area contributed by atoms with E-state index in [2.05, 4.69) is 22.3 Å². The normalized spacial score (nSPS) is 22.6. The van der Waals surface area contributed by atoms with Crippen molar-refractivity contribution in [2.75, 3.05) is 22.8 Å². The molecule has 0 unspecified atom stereocenters. The van der Waals surface area contributed by atoms with Gasteiger partial charge in [0.25, 0.3) is 0 Å². The molecule has 1 heterocycles. The zero-order valence-electron chi connectivity index (χ0n) is 12.2. The van der Waals surface area contributed by atoms with Gasteiger partial charge in [-0.15, -0.1) is 0 Å². The quantitative estimate of drug-likeness (QED) is 0.784. The van der Waals surface area contributed by atoms with Crippen molar-refractivity contribution in [1.82, 2.24) is 5.32 Å². The van der Waals surface area contributed by atoms with Crippen molar-refractivity contribution in [3.63, 3.8) is 0 Å². The van der Waals surface area contributed by atoms with Crippen LogP contribution in [0.25, 0.3) is 0 Å². The van der Waals surface area contributed by atoms with E-state index in [1.165, 1.54) is 0 Å². The third kappa shape index (κ3) is 4.71. The maximum atomic E-state index is 12.3. The van der Waals surface area contributed by atoms with E-state index >= 15 is 0 Å². The first kappa shape index (κ1) is 15.8. The van der Waals surface area contributed by atoms with Gasteiger partial charge in [0, 0.05) is 12.0 Å². The predicted molar refractivity (Wildman–Crippen MR) is 83.7 cm³/mol. The number of sulfonamides is 1. The molecule has 116 valence electrons. The van der Waals surface area contributed by atoms with Gasteiger partial charge in [0.15, 0.2) is 0 Å². The molecule has 0 saturated carbocycles. The summed E-state index contributed by atoms with van der Waals surface area (Å²) >= 11 is 0. The van der Waals surface area contributed by atoms with Gasteiger partial charge < -0.3 is 10.6 Å². The molecule has 2 rings (SSSR count). The lowest BCUT2D eigenvalue weighted by molar-refractivity contribution is -0.120. The highest BCUT2D eigenvalue weighted by molar-refractivity contribution is 7.92. The minimum Gasteiger partial charge on any atom is -0.324 e. The Morgan fingerprint density at radius 1 is 1.29 bits per heavy atom. The molecule has 3 N–H and O–H groups in total. The van der Waals surface area contributed by atoms with Crippen molar-refractivity contribution in [2.45, 2.75) is 25.8 Å². The predicted octanol–water partition coefficient (Wildman–Crippen LogP) is 1.38. The molecule has 2 atom stereocenters. The van der Waals surface area contributed by atoms with Crippen molar-refractivity contribution < 1.29 is 13.2 Å². The smallest absolute Gasteiger partial charge is 0.229 e. The molecule has 6 nitrogen and oxygen atoms in total. The Hall–Kier alpha value is -1.60. The highest BCUT2D eigenvalue weighted by atomic mass is 32.2. The Morgan fingerprint density at radius 3 is 2.57 bits per heavy atom. The van der Waals surface area contributed by atoms with Gasteiger partial charge in [0.1, 0.15) is 0 Å². The lowest BCUT2D eigenvalue weighted by atomic mass is 9.92. The number of carbonyl (C=O) groups excluding carboxylic acids is 1. The summed E-state index contributed by atoms with van der Waals surface area (Å²) in [5.41, 5.74) is 0.870. The number of anilines is 2. The van der Waals surface area contributed by atoms with Gasteiger partial charge in [-0.2, -0.15) is 0 Å². The molecule has 0 radical (unpaired) electrons. The van der Waals surface area contributed by atoms with Crippen molar-refractivity contribution >= 4 is 27.3 Å². The number of hydrogen-bond donors (Lipinski definition) is 3. The zero-order chi connectivity index (χ0) is 15.5. The van der Waals surface area contributed by atoms with Crippen LogP contribution in [0.15, 0.2) is 24.3 Å². The summed E-state index contributed by atoms with van der Waals surface area (Å²) in [6.07, 6.45) is 2.66. The first-order valence-electron chi connectivity index (χ1n) is 6.96. The van der Waals surface area contributed by atoms with Gasteiger partial charge in [-0.3, -0.25) is 9.52 Å². The third-order valence-corrected chi connectivity index (χ3v) is 4.07. The number of para-hydroxylation sites is 2. The van der Waals surface area contributed by atoms with Crippen LogP contribution in [-0.2, 0) is 14.8 Å². The fourth-order valence-corrected chi connectivity index (χ4v) is 3.06. The van der Waals surface area contributed by atoms with Crippen LogP contribution in [0, 0.1) is 5.92 Å². The molecular weight excluding hydrogens is 290 g/mol. The summed E-state index contributed by atoms with van der Waals surface area (Å²) in [7, 11) is -3.38. The summed E-state index contributed by atoms with van der Waals surface area (Å²) in [5.74, 6) is -0.112. The van der Waals surface area contributed by atoms with E-state index in [1.807, 2.05) is 0 Å². The highest BCUT2D eigenvalue weighted by Crippen LogP contribution is 2.24. The minimum absolute atomic E-state index is 0.0486. The van der Waals surface area contributed by atoms with Crippen LogP contribution in [0.3, 0.4) is 0 Å². The van der Waals surface area contributed by atoms with Crippen molar-refractivity contribution in [2.24, 2.45) is 5.92 Å². The molecule has 1 aliphatic heterocycles. The minimum atomic E-state index is -3.38. The second-order valence-corrected chi connectivity index (χ2v) is 7.23. The monoisotopic (exact) mass is 311 g/mol. The van der Waals surface area contributed by atoms with Crippen molar-refractivity contribution in [1.29, 1.82) is 0 Å². The van der Waals surface area contributed by atoms with Crippen LogP contribution in [0.4, 0.5) is 11.4 Å². The summed E-state index contributed by atoms with van der Waals surface area (Å²) < 4.78 is 25.1. The van der Waals surface area contributed by atoms with E-state index in [0.29, 0.717) is 17.4 Å². The lowest BCUT2D eigenvalue weighted by Crippen LogP contribution is -2.40. The van der Waals surface area contributed by atoms with Crippen molar-refractivity contribution in [3.8, 4) is 0 Å². The summed E-state index contributed by atoms with van der Waals surface area (Å²) in [6.45, 7) is 2.88. The standard InChI is InChI=1S/C14H21N3O3S/c1-10-9-11(7-8-15-10)14(18)16-12-5-3-4-6-13(12)17-21(2,19)20/h3-6,10-11,15,17H,7-9H2,1-2H3,(H,16,18)/t10-,11-/m0/s1. The molecule has 0 spiro atoms. The maximum absolute atomic E-state index is 12.3. The molecule has 7 heteroatoms. The molecule has 1 saturated heterocycles. The van der Waals surface area contributed by atoms with E-state index in [4.69, 9.17) is 0 Å². The van der Waals surface area contributed by atoms with Crippen molar-refractivity contribution in [3.05, 3.63) is 24.3 Å². The number of nitrogens with one attached hydrogen (secondary N) is 3. The fraction of sp³-hybridized carbons (Fsp3) is 0.500. The molecular formula is C14H21N3O3S. The number of rotatable bonds is 4. The first-order chi connectivity index (χ1) is 9.85. The average molecular weight is 311 g/mol. The molecule has 21 heavy (non-hydrogen) atoms. The molecule has 0 bridgehead atoms. The van der Waals surface area contributed by atoms with E-state index in [0.717, 1.165) is 25.6 Å². The Balaban J connectivity index is 2.10. The Bertz CT molecular complexity index is 616. The summed E-state index contributed by atoms with van der Waals surface area (Å²) in [5, 5.41) is 6.13. The van der Waals surface area contributed by atoms with Crippen LogP contribution >= 0.6 is 0 Å². The van der Waals surface area contributed by atoms with Gasteiger partial charge in [0.2, 0.25) is 15.9 Å². The summed E-state index contributed by atoms with van der Waals surface area (Å²) in [6, 6.07) is 7.11. The first-order valence-corrected chi connectivity index (χ1v) is 8.85. The van der Waals surface area contributed by atoms with E-state index in [-0.39, 0.29) is 11.8 Å². The second-order valence-electron chi connectivity index (χ2n) is 5.49. The molecule has 0 aromatic heterocycles.